The van der Waals surface area contributed by atoms with Gasteiger partial charge in [-0.25, -0.2) is 4.98 Å². The van der Waals surface area contributed by atoms with Crippen LogP contribution in [0.2, 0.25) is 1.41 Å². The van der Waals surface area contributed by atoms with Gasteiger partial charge in [-0.05, 0) is 25.6 Å². The summed E-state index contributed by atoms with van der Waals surface area (Å²) in [5.74, 6) is 0.283. The Bertz CT molecular complexity index is 494. The molecule has 1 aromatic rings. The highest BCUT2D eigenvalue weighted by molar-refractivity contribution is 6.00. The number of aromatic nitrogens is 1. The number of aryl methyl sites for hydroxylation is 1. The van der Waals surface area contributed by atoms with Crippen molar-refractivity contribution in [2.75, 3.05) is 18.4 Å². The SMILES string of the molecule is [2H]N1CCC2(C1)Oc1nc(C)ccc1NC2=O. The fraction of sp³-hybridized carbons (Fsp3) is 0.455. The molecule has 1 atom stereocenters. The van der Waals surface area contributed by atoms with Crippen molar-refractivity contribution in [3.63, 3.8) is 0 Å². The van der Waals surface area contributed by atoms with Crippen LogP contribution in [-0.4, -0.2) is 29.6 Å². The van der Waals surface area contributed by atoms with Crippen molar-refractivity contribution in [1.82, 2.24) is 10.3 Å². The summed E-state index contributed by atoms with van der Waals surface area (Å²) < 4.78 is 13.3. The maximum Gasteiger partial charge on any atom is 0.270 e. The van der Waals surface area contributed by atoms with Crippen molar-refractivity contribution < 1.29 is 10.9 Å². The van der Waals surface area contributed by atoms with Gasteiger partial charge in [0.25, 0.3) is 5.91 Å². The summed E-state index contributed by atoms with van der Waals surface area (Å²) in [6.45, 7) is 2.70. The van der Waals surface area contributed by atoms with Crippen LogP contribution in [0.15, 0.2) is 12.1 Å². The van der Waals surface area contributed by atoms with E-state index in [1.807, 2.05) is 13.0 Å². The third-order valence-corrected chi connectivity index (χ3v) is 2.99. The van der Waals surface area contributed by atoms with Gasteiger partial charge in [-0.2, -0.15) is 0 Å². The number of anilines is 1. The zero-order valence-corrected chi connectivity index (χ0v) is 8.99. The zero-order chi connectivity index (χ0) is 12.0. The lowest BCUT2D eigenvalue weighted by atomic mass is 10.0. The summed E-state index contributed by atoms with van der Waals surface area (Å²) >= 11 is 0. The Morgan fingerprint density at radius 3 is 3.25 bits per heavy atom. The second-order valence-electron chi connectivity index (χ2n) is 4.21. The van der Waals surface area contributed by atoms with Crippen molar-refractivity contribution in [2.45, 2.75) is 18.9 Å². The van der Waals surface area contributed by atoms with Crippen molar-refractivity contribution in [1.29, 1.82) is 0 Å². The largest absolute Gasteiger partial charge is 0.458 e. The van der Waals surface area contributed by atoms with Gasteiger partial charge in [0, 0.05) is 18.7 Å². The molecule has 5 heteroatoms. The first-order chi connectivity index (χ1) is 8.09. The van der Waals surface area contributed by atoms with Gasteiger partial charge in [0.2, 0.25) is 11.5 Å². The van der Waals surface area contributed by atoms with Crippen LogP contribution < -0.4 is 15.4 Å². The van der Waals surface area contributed by atoms with Gasteiger partial charge in [0.05, 0.1) is 0 Å². The molecular weight excluding hydrogens is 206 g/mol. The summed E-state index contributed by atoms with van der Waals surface area (Å²) in [4.78, 5) is 16.3. The fourth-order valence-electron chi connectivity index (χ4n) is 2.04. The summed E-state index contributed by atoms with van der Waals surface area (Å²) in [5, 5.41) is 4.15. The second-order valence-corrected chi connectivity index (χ2v) is 4.21. The number of pyridine rings is 1. The number of fused-ring (bicyclic) bond motifs is 1. The lowest BCUT2D eigenvalue weighted by Crippen LogP contribution is -2.52. The summed E-state index contributed by atoms with van der Waals surface area (Å²) in [6.07, 6.45) is 0.525. The lowest BCUT2D eigenvalue weighted by Gasteiger charge is -2.32. The molecule has 84 valence electrons. The molecule has 1 amide bonds. The molecule has 2 aliphatic rings. The predicted molar refractivity (Wildman–Crippen MR) is 58.4 cm³/mol. The smallest absolute Gasteiger partial charge is 0.270 e. The van der Waals surface area contributed by atoms with E-state index >= 15 is 0 Å². The Morgan fingerprint density at radius 1 is 1.62 bits per heavy atom. The molecule has 1 unspecified atom stereocenters. The van der Waals surface area contributed by atoms with Crippen molar-refractivity contribution in [3.05, 3.63) is 17.8 Å². The highest BCUT2D eigenvalue weighted by Crippen LogP contribution is 2.34. The van der Waals surface area contributed by atoms with E-state index in [0.717, 1.165) is 5.69 Å². The first kappa shape index (κ1) is 8.52. The Hall–Kier alpha value is -1.62. The number of carbonyl (C=O) groups excluding carboxylic acids is 1. The highest BCUT2D eigenvalue weighted by atomic mass is 16.5. The summed E-state index contributed by atoms with van der Waals surface area (Å²) in [5.41, 5.74) is 0.514. The first-order valence-corrected chi connectivity index (χ1v) is 5.31. The van der Waals surface area contributed by atoms with Crippen LogP contribution in [0.3, 0.4) is 0 Å². The number of nitrogens with one attached hydrogen (secondary N) is 2. The normalized spacial score (nSPS) is 29.6. The van der Waals surface area contributed by atoms with Crippen molar-refractivity contribution in [2.24, 2.45) is 0 Å². The average Bonchev–Trinajstić information content (AvgIpc) is 2.64. The van der Waals surface area contributed by atoms with Gasteiger partial charge < -0.3 is 15.4 Å². The van der Waals surface area contributed by atoms with Gasteiger partial charge in [-0.15, -0.1) is 0 Å². The minimum Gasteiger partial charge on any atom is -0.458 e. The molecule has 1 aromatic heterocycles. The van der Waals surface area contributed by atoms with E-state index in [9.17, 15) is 4.79 Å². The van der Waals surface area contributed by atoms with Crippen LogP contribution in [0.1, 0.15) is 12.1 Å². The van der Waals surface area contributed by atoms with Crippen molar-refractivity contribution >= 4 is 11.6 Å². The average molecular weight is 220 g/mol. The Morgan fingerprint density at radius 2 is 2.50 bits per heavy atom. The number of rotatable bonds is 0. The number of amides is 1. The van der Waals surface area contributed by atoms with Gasteiger partial charge in [-0.1, -0.05) is 0 Å². The molecule has 2 aliphatic heterocycles. The Kier molecular flexibility index (Phi) is 1.70. The minimum atomic E-state index is -0.935. The molecule has 1 saturated heterocycles. The number of hydrogen-bond acceptors (Lipinski definition) is 4. The van der Waals surface area contributed by atoms with E-state index in [4.69, 9.17) is 6.15 Å². The number of carbonyl (C=O) groups is 1. The van der Waals surface area contributed by atoms with E-state index in [2.05, 4.69) is 10.3 Å². The van der Waals surface area contributed by atoms with Gasteiger partial charge in [0.1, 0.15) is 7.10 Å². The third kappa shape index (κ3) is 1.28. The lowest BCUT2D eigenvalue weighted by molar-refractivity contribution is -0.131. The van der Waals surface area contributed by atoms with Crippen LogP contribution in [0.25, 0.3) is 0 Å². The molecule has 0 saturated carbocycles. The van der Waals surface area contributed by atoms with Crippen molar-refractivity contribution in [3.8, 4) is 5.88 Å². The molecule has 0 aliphatic carbocycles. The molecule has 3 heterocycles. The van der Waals surface area contributed by atoms with Crippen LogP contribution in [0.5, 0.6) is 5.88 Å². The quantitative estimate of drug-likeness (QED) is 0.666. The Balaban J connectivity index is 1.99. The van der Waals surface area contributed by atoms with Crippen LogP contribution in [0, 0.1) is 6.92 Å². The second kappa shape index (κ2) is 3.18. The zero-order valence-electron chi connectivity index (χ0n) is 9.99. The monoisotopic (exact) mass is 220 g/mol. The van der Waals surface area contributed by atoms with E-state index < -0.39 is 5.60 Å². The molecule has 1 spiro atoms. The minimum absolute atomic E-state index is 0.176. The molecule has 0 aromatic carbocycles. The molecule has 2 N–H and O–H groups in total. The summed E-state index contributed by atoms with van der Waals surface area (Å²) in [6, 6.07) is 3.61. The van der Waals surface area contributed by atoms with Crippen LogP contribution >= 0.6 is 0 Å². The number of hydrogen-bond donors (Lipinski definition) is 2. The van der Waals surface area contributed by atoms with Crippen LogP contribution in [0.4, 0.5) is 5.69 Å². The van der Waals surface area contributed by atoms with E-state index in [1.54, 1.807) is 6.07 Å². The third-order valence-electron chi connectivity index (χ3n) is 2.99. The standard InChI is InChI=1S/C11H13N3O2/c1-7-2-3-8-9(13-7)16-11(10(15)14-8)4-5-12-6-11/h2-3,12H,4-6H2,1H3,(H,14,15)/i/hD. The maximum absolute atomic E-state index is 12.0. The number of nitrogens with zero attached hydrogens (tertiary/aromatic N) is 1. The molecule has 5 nitrogen and oxygen atoms in total. The van der Waals surface area contributed by atoms with E-state index in [0.29, 0.717) is 24.5 Å². The molecule has 3 rings (SSSR count). The van der Waals surface area contributed by atoms with Gasteiger partial charge >= 0.3 is 0 Å². The fourth-order valence-corrected chi connectivity index (χ4v) is 2.04. The molecule has 16 heavy (non-hydrogen) atoms. The maximum atomic E-state index is 12.0. The van der Waals surface area contributed by atoms with Gasteiger partial charge in [0.15, 0.2) is 0 Å². The molecule has 0 bridgehead atoms. The van der Waals surface area contributed by atoms with E-state index in [1.165, 1.54) is 5.31 Å². The van der Waals surface area contributed by atoms with Gasteiger partial charge in [-0.3, -0.25) is 4.79 Å². The topological polar surface area (TPSA) is 63.2 Å². The van der Waals surface area contributed by atoms with Crippen LogP contribution in [-0.2, 0) is 4.79 Å². The predicted octanol–water partition coefficient (Wildman–Crippen LogP) is 0.453. The molecule has 1 fully saturated rings. The van der Waals surface area contributed by atoms with E-state index in [-0.39, 0.29) is 12.5 Å². The molecule has 0 radical (unpaired) electrons. The highest BCUT2D eigenvalue weighted by Gasteiger charge is 2.47. The number of ether oxygens (including phenoxy) is 1. The Labute approximate surface area is 94.7 Å². The summed E-state index contributed by atoms with van der Waals surface area (Å²) in [7, 11) is 0. The first-order valence-electron chi connectivity index (χ1n) is 5.76. The molecular formula is C11H13N3O2.